The first-order chi connectivity index (χ1) is 6.31. The van der Waals surface area contributed by atoms with Gasteiger partial charge in [0, 0.05) is 12.5 Å². The highest BCUT2D eigenvalue weighted by Gasteiger charge is 2.36. The number of hydrogen-bond donors (Lipinski definition) is 1. The van der Waals surface area contributed by atoms with Crippen LogP contribution in [0.1, 0.15) is 25.7 Å². The van der Waals surface area contributed by atoms with Gasteiger partial charge in [-0.05, 0) is 18.8 Å². The van der Waals surface area contributed by atoms with E-state index in [9.17, 15) is 9.59 Å². The Balaban J connectivity index is 1.89. The third-order valence-electron chi connectivity index (χ3n) is 2.99. The molecule has 2 fully saturated rings. The van der Waals surface area contributed by atoms with Gasteiger partial charge in [0.05, 0.1) is 6.54 Å². The van der Waals surface area contributed by atoms with Crippen LogP contribution in [0.5, 0.6) is 0 Å². The van der Waals surface area contributed by atoms with Crippen molar-refractivity contribution < 1.29 is 9.59 Å². The summed E-state index contributed by atoms with van der Waals surface area (Å²) in [6.45, 7) is 0.183. The first-order valence-corrected chi connectivity index (χ1v) is 4.81. The van der Waals surface area contributed by atoms with Gasteiger partial charge in [-0.2, -0.15) is 0 Å². The molecule has 1 aliphatic carbocycles. The van der Waals surface area contributed by atoms with Gasteiger partial charge < -0.3 is 4.79 Å². The van der Waals surface area contributed by atoms with Crippen molar-refractivity contribution in [2.45, 2.75) is 31.7 Å². The van der Waals surface area contributed by atoms with Crippen LogP contribution in [0.25, 0.3) is 0 Å². The smallest absolute Gasteiger partial charge is 0.238 e. The topological polar surface area (TPSA) is 49.4 Å². The molecule has 13 heavy (non-hydrogen) atoms. The van der Waals surface area contributed by atoms with E-state index in [1.165, 1.54) is 24.3 Å². The third-order valence-corrected chi connectivity index (χ3v) is 2.99. The van der Waals surface area contributed by atoms with Crippen molar-refractivity contribution in [3.63, 3.8) is 0 Å². The molecule has 1 N–H and O–H groups in total. The Kier molecular flexibility index (Phi) is 2.31. The van der Waals surface area contributed by atoms with Crippen LogP contribution in [0.15, 0.2) is 0 Å². The minimum Gasteiger partial charge on any atom is -0.301 e. The number of aldehydes is 1. The van der Waals surface area contributed by atoms with Gasteiger partial charge >= 0.3 is 0 Å². The van der Waals surface area contributed by atoms with Crippen LogP contribution in [-0.2, 0) is 9.59 Å². The summed E-state index contributed by atoms with van der Waals surface area (Å²) in [5.74, 6) is 0.713. The zero-order valence-electron chi connectivity index (χ0n) is 7.53. The molecular weight excluding hydrogens is 168 g/mol. The van der Waals surface area contributed by atoms with Crippen molar-refractivity contribution in [2.24, 2.45) is 5.92 Å². The SMILES string of the molecule is O=CCN1NC(C2CCC2)CC1=O. The maximum Gasteiger partial charge on any atom is 0.238 e. The first kappa shape index (κ1) is 8.69. The molecular formula is C9H14N2O2. The van der Waals surface area contributed by atoms with Crippen molar-refractivity contribution >= 4 is 12.2 Å². The Bertz CT molecular complexity index is 226. The molecule has 4 heteroatoms. The van der Waals surface area contributed by atoms with Crippen LogP contribution in [0.4, 0.5) is 0 Å². The predicted octanol–water partition coefficient (Wildman–Crippen LogP) is 0.0909. The Morgan fingerprint density at radius 1 is 1.54 bits per heavy atom. The molecule has 1 saturated carbocycles. The summed E-state index contributed by atoms with van der Waals surface area (Å²) in [7, 11) is 0. The van der Waals surface area contributed by atoms with E-state index in [2.05, 4.69) is 5.43 Å². The summed E-state index contributed by atoms with van der Waals surface area (Å²) in [4.78, 5) is 21.6. The normalized spacial score (nSPS) is 29.1. The van der Waals surface area contributed by atoms with Crippen molar-refractivity contribution in [3.05, 3.63) is 0 Å². The Hall–Kier alpha value is -0.900. The van der Waals surface area contributed by atoms with Crippen molar-refractivity contribution in [3.8, 4) is 0 Å². The average molecular weight is 182 g/mol. The molecule has 0 radical (unpaired) electrons. The van der Waals surface area contributed by atoms with Crippen LogP contribution >= 0.6 is 0 Å². The number of carbonyl (C=O) groups is 2. The van der Waals surface area contributed by atoms with E-state index in [0.717, 1.165) is 6.29 Å². The van der Waals surface area contributed by atoms with Gasteiger partial charge in [-0.15, -0.1) is 0 Å². The van der Waals surface area contributed by atoms with Gasteiger partial charge in [0.2, 0.25) is 5.91 Å². The quantitative estimate of drug-likeness (QED) is 0.629. The van der Waals surface area contributed by atoms with Crippen LogP contribution in [-0.4, -0.2) is 29.8 Å². The molecule has 0 bridgehead atoms. The maximum absolute atomic E-state index is 11.3. The van der Waals surface area contributed by atoms with Crippen molar-refractivity contribution in [2.75, 3.05) is 6.54 Å². The summed E-state index contributed by atoms with van der Waals surface area (Å²) < 4.78 is 0. The molecule has 0 aromatic carbocycles. The van der Waals surface area contributed by atoms with Crippen LogP contribution in [0, 0.1) is 5.92 Å². The lowest BCUT2D eigenvalue weighted by Crippen LogP contribution is -2.42. The fourth-order valence-corrected chi connectivity index (χ4v) is 1.96. The van der Waals surface area contributed by atoms with Gasteiger partial charge in [-0.1, -0.05) is 6.42 Å². The standard InChI is InChI=1S/C9H14N2O2/c12-5-4-11-9(13)6-8(10-11)7-2-1-3-7/h5,7-8,10H,1-4,6H2. The molecule has 4 nitrogen and oxygen atoms in total. The van der Waals surface area contributed by atoms with E-state index >= 15 is 0 Å². The fraction of sp³-hybridized carbons (Fsp3) is 0.778. The summed E-state index contributed by atoms with van der Waals surface area (Å²) in [5.41, 5.74) is 3.10. The molecule has 0 aromatic rings. The van der Waals surface area contributed by atoms with Gasteiger partial charge in [0.25, 0.3) is 0 Å². The molecule has 1 heterocycles. The van der Waals surface area contributed by atoms with Gasteiger partial charge in [0.1, 0.15) is 6.29 Å². The maximum atomic E-state index is 11.3. The molecule has 1 aliphatic heterocycles. The molecule has 1 saturated heterocycles. The van der Waals surface area contributed by atoms with Crippen LogP contribution in [0.3, 0.4) is 0 Å². The summed E-state index contributed by atoms with van der Waals surface area (Å²) in [6, 6.07) is 0.293. The number of rotatable bonds is 3. The van der Waals surface area contributed by atoms with Gasteiger partial charge in [-0.25, -0.2) is 5.43 Å². The number of nitrogens with one attached hydrogen (secondary N) is 1. The summed E-state index contributed by atoms with van der Waals surface area (Å²) in [6.07, 6.45) is 5.05. The van der Waals surface area contributed by atoms with E-state index in [1.54, 1.807) is 0 Å². The number of nitrogens with zero attached hydrogens (tertiary/aromatic N) is 1. The number of hydrazine groups is 1. The third kappa shape index (κ3) is 1.58. The molecule has 0 aromatic heterocycles. The zero-order chi connectivity index (χ0) is 9.26. The second kappa shape index (κ2) is 3.46. The Labute approximate surface area is 77.3 Å². The molecule has 2 aliphatic rings. The fourth-order valence-electron chi connectivity index (χ4n) is 1.96. The second-order valence-corrected chi connectivity index (χ2v) is 3.80. The molecule has 1 unspecified atom stereocenters. The van der Waals surface area contributed by atoms with Gasteiger partial charge in [-0.3, -0.25) is 9.80 Å². The first-order valence-electron chi connectivity index (χ1n) is 4.81. The zero-order valence-corrected chi connectivity index (χ0v) is 7.53. The minimum atomic E-state index is 0.0593. The number of amides is 1. The highest BCUT2D eigenvalue weighted by Crippen LogP contribution is 2.32. The highest BCUT2D eigenvalue weighted by molar-refractivity contribution is 5.80. The van der Waals surface area contributed by atoms with Crippen molar-refractivity contribution in [1.82, 2.24) is 10.4 Å². The largest absolute Gasteiger partial charge is 0.301 e. The lowest BCUT2D eigenvalue weighted by molar-refractivity contribution is -0.131. The van der Waals surface area contributed by atoms with Gasteiger partial charge in [0.15, 0.2) is 0 Å². The van der Waals surface area contributed by atoms with Crippen LogP contribution in [0.2, 0.25) is 0 Å². The number of hydrogen-bond acceptors (Lipinski definition) is 3. The molecule has 1 atom stereocenters. The molecule has 72 valence electrons. The predicted molar refractivity (Wildman–Crippen MR) is 46.7 cm³/mol. The van der Waals surface area contributed by atoms with E-state index in [0.29, 0.717) is 18.4 Å². The molecule has 2 rings (SSSR count). The number of carbonyl (C=O) groups excluding carboxylic acids is 2. The van der Waals surface area contributed by atoms with E-state index < -0.39 is 0 Å². The highest BCUT2D eigenvalue weighted by atomic mass is 16.2. The van der Waals surface area contributed by atoms with E-state index in [4.69, 9.17) is 0 Å². The van der Waals surface area contributed by atoms with E-state index in [-0.39, 0.29) is 12.5 Å². The molecule has 0 spiro atoms. The van der Waals surface area contributed by atoms with Crippen LogP contribution < -0.4 is 5.43 Å². The second-order valence-electron chi connectivity index (χ2n) is 3.80. The van der Waals surface area contributed by atoms with E-state index in [1.807, 2.05) is 0 Å². The average Bonchev–Trinajstić information content (AvgIpc) is 2.30. The van der Waals surface area contributed by atoms with Crippen molar-refractivity contribution in [1.29, 1.82) is 0 Å². The lowest BCUT2D eigenvalue weighted by atomic mass is 9.79. The summed E-state index contributed by atoms with van der Waals surface area (Å²) >= 11 is 0. The Morgan fingerprint density at radius 3 is 2.85 bits per heavy atom. The lowest BCUT2D eigenvalue weighted by Gasteiger charge is -2.31. The monoisotopic (exact) mass is 182 g/mol. The Morgan fingerprint density at radius 2 is 2.31 bits per heavy atom. The minimum absolute atomic E-state index is 0.0593. The molecule has 1 amide bonds. The summed E-state index contributed by atoms with van der Waals surface area (Å²) in [5, 5.41) is 1.44.